The molecule has 0 saturated heterocycles. The average molecular weight is 104 g/mol. The van der Waals surface area contributed by atoms with Gasteiger partial charge in [0.05, 0.1) is 0 Å². The maximum Gasteiger partial charge on any atom is 0.148 e. The topological polar surface area (TPSA) is 12.9 Å². The average Bonchev–Trinajstić information content (AvgIpc) is 1.90. The summed E-state index contributed by atoms with van der Waals surface area (Å²) in [5, 5.41) is 0. The molecule has 0 bridgehead atoms. The van der Waals surface area contributed by atoms with E-state index in [9.17, 15) is 0 Å². The Bertz CT molecular complexity index is 150. The molecule has 2 heteroatoms. The summed E-state index contributed by atoms with van der Waals surface area (Å²) < 4.78 is 0. The van der Waals surface area contributed by atoms with Gasteiger partial charge < -0.3 is 0 Å². The fourth-order valence-corrected chi connectivity index (χ4v) is 0.556. The molecule has 1 aromatic heterocycles. The van der Waals surface area contributed by atoms with Crippen LogP contribution in [0.15, 0.2) is 24.5 Å². The van der Waals surface area contributed by atoms with Gasteiger partial charge in [-0.05, 0) is 0 Å². The predicted molar refractivity (Wildman–Crippen MR) is 35.5 cm³/mol. The van der Waals surface area contributed by atoms with E-state index in [4.69, 9.17) is 0 Å². The molecule has 1 radical (unpaired) electrons. The first-order valence-corrected chi connectivity index (χ1v) is 2.63. The van der Waals surface area contributed by atoms with Crippen LogP contribution in [0, 0.1) is 0 Å². The molecule has 1 rings (SSSR count). The van der Waals surface area contributed by atoms with Gasteiger partial charge in [-0.25, -0.2) is 0 Å². The highest BCUT2D eigenvalue weighted by atomic mass is 14.6. The number of pyridine rings is 1. The second-order valence-corrected chi connectivity index (χ2v) is 1.57. The third-order valence-corrected chi connectivity index (χ3v) is 1.04. The van der Waals surface area contributed by atoms with E-state index in [-0.39, 0.29) is 0 Å². The molecule has 0 fully saturated rings. The molecule has 0 unspecified atom stereocenters. The zero-order valence-electron chi connectivity index (χ0n) is 4.83. The maximum absolute atomic E-state index is 3.87. The Hall–Kier alpha value is -0.785. The second-order valence-electron chi connectivity index (χ2n) is 1.57. The molecule has 39 valence electrons. The Labute approximate surface area is 50.0 Å². The van der Waals surface area contributed by atoms with Gasteiger partial charge in [0, 0.05) is 12.4 Å². The summed E-state index contributed by atoms with van der Waals surface area (Å²) in [5.41, 5.74) is 1.22. The Morgan fingerprint density at radius 2 is 2.00 bits per heavy atom. The van der Waals surface area contributed by atoms with E-state index in [1.807, 2.05) is 26.2 Å². The fraction of sp³-hybridized carbons (Fsp3) is 0.167. The molecule has 1 heterocycles. The van der Waals surface area contributed by atoms with Crippen molar-refractivity contribution in [3.05, 3.63) is 24.5 Å². The third-order valence-electron chi connectivity index (χ3n) is 1.04. The van der Waals surface area contributed by atoms with E-state index >= 15 is 0 Å². The third kappa shape index (κ3) is 1.09. The smallest absolute Gasteiger partial charge is 0.148 e. The van der Waals surface area contributed by atoms with E-state index in [0.717, 1.165) is 0 Å². The van der Waals surface area contributed by atoms with Crippen molar-refractivity contribution >= 4 is 12.7 Å². The molecule has 0 aliphatic carbocycles. The van der Waals surface area contributed by atoms with Crippen LogP contribution in [-0.2, 0) is 0 Å². The molecular weight excluding hydrogens is 96.9 g/mol. The molecule has 0 atom stereocenters. The lowest BCUT2D eigenvalue weighted by Gasteiger charge is -1.87. The molecule has 0 aliphatic heterocycles. The van der Waals surface area contributed by atoms with Crippen LogP contribution in [0.25, 0.3) is 0 Å². The van der Waals surface area contributed by atoms with E-state index in [1.165, 1.54) is 5.46 Å². The number of hydrogen-bond donors (Lipinski definition) is 0. The minimum Gasteiger partial charge on any atom is -0.265 e. The zero-order chi connectivity index (χ0) is 5.82. The van der Waals surface area contributed by atoms with Crippen LogP contribution in [0.3, 0.4) is 0 Å². The molecule has 0 N–H and O–H groups in total. The predicted octanol–water partition coefficient (Wildman–Crippen LogP) is 0.459. The largest absolute Gasteiger partial charge is 0.265 e. The molecule has 1 aromatic rings. The molecule has 1 nitrogen and oxygen atoms in total. The molecule has 0 aromatic carbocycles. The van der Waals surface area contributed by atoms with Gasteiger partial charge in [-0.2, -0.15) is 0 Å². The van der Waals surface area contributed by atoms with Crippen LogP contribution in [0.5, 0.6) is 0 Å². The summed E-state index contributed by atoms with van der Waals surface area (Å²) in [6.45, 7) is 2.01. The Morgan fingerprint density at radius 3 is 2.38 bits per heavy atom. The molecule has 0 spiro atoms. The first-order chi connectivity index (χ1) is 3.93. The highest BCUT2D eigenvalue weighted by Gasteiger charge is 1.82. The number of aromatic nitrogens is 1. The van der Waals surface area contributed by atoms with Crippen molar-refractivity contribution in [1.82, 2.24) is 4.98 Å². The highest BCUT2D eigenvalue weighted by Crippen LogP contribution is 1.73. The van der Waals surface area contributed by atoms with Crippen LogP contribution in [0.4, 0.5) is 0 Å². The van der Waals surface area contributed by atoms with Crippen molar-refractivity contribution in [2.75, 3.05) is 0 Å². The van der Waals surface area contributed by atoms with E-state index < -0.39 is 0 Å². The van der Waals surface area contributed by atoms with E-state index in [2.05, 4.69) is 4.98 Å². The minimum atomic E-state index is 1.22. The molecule has 8 heavy (non-hydrogen) atoms. The summed E-state index contributed by atoms with van der Waals surface area (Å²) in [6, 6.07) is 3.94. The lowest BCUT2D eigenvalue weighted by molar-refractivity contribution is 1.34. The van der Waals surface area contributed by atoms with Gasteiger partial charge in [-0.1, -0.05) is 24.4 Å². The van der Waals surface area contributed by atoms with Crippen LogP contribution in [-0.4, -0.2) is 12.3 Å². The monoisotopic (exact) mass is 104 g/mol. The standard InChI is InChI=1S/C6H7BN/c1-7-6-2-4-8-5-3-6/h2-5H,1H3. The van der Waals surface area contributed by atoms with Gasteiger partial charge in [0.15, 0.2) is 0 Å². The van der Waals surface area contributed by atoms with Gasteiger partial charge in [-0.3, -0.25) is 4.98 Å². The number of rotatable bonds is 1. The van der Waals surface area contributed by atoms with Gasteiger partial charge in [0.1, 0.15) is 7.28 Å². The fourth-order valence-electron chi connectivity index (χ4n) is 0.556. The van der Waals surface area contributed by atoms with Gasteiger partial charge in [-0.15, -0.1) is 0 Å². The van der Waals surface area contributed by atoms with Gasteiger partial charge >= 0.3 is 0 Å². The van der Waals surface area contributed by atoms with Crippen molar-refractivity contribution in [2.24, 2.45) is 0 Å². The molecule has 0 aliphatic rings. The lowest BCUT2D eigenvalue weighted by Crippen LogP contribution is -2.08. The van der Waals surface area contributed by atoms with Crippen LogP contribution in [0.2, 0.25) is 6.82 Å². The Balaban J connectivity index is 2.83. The van der Waals surface area contributed by atoms with Gasteiger partial charge in [0.25, 0.3) is 0 Å². The molecule has 0 saturated carbocycles. The summed E-state index contributed by atoms with van der Waals surface area (Å²) in [6.07, 6.45) is 3.57. The summed E-state index contributed by atoms with van der Waals surface area (Å²) in [4.78, 5) is 3.87. The number of hydrogen-bond acceptors (Lipinski definition) is 1. The summed E-state index contributed by atoms with van der Waals surface area (Å²) in [5.74, 6) is 0. The quantitative estimate of drug-likeness (QED) is 0.471. The van der Waals surface area contributed by atoms with E-state index in [0.29, 0.717) is 0 Å². The van der Waals surface area contributed by atoms with Crippen molar-refractivity contribution in [3.63, 3.8) is 0 Å². The number of nitrogens with zero attached hydrogens (tertiary/aromatic N) is 1. The maximum atomic E-state index is 3.87. The zero-order valence-corrected chi connectivity index (χ0v) is 4.83. The van der Waals surface area contributed by atoms with Crippen molar-refractivity contribution < 1.29 is 0 Å². The van der Waals surface area contributed by atoms with Crippen molar-refractivity contribution in [1.29, 1.82) is 0 Å². The first kappa shape index (κ1) is 5.35. The Kier molecular flexibility index (Phi) is 1.68. The van der Waals surface area contributed by atoms with Crippen LogP contribution in [0.1, 0.15) is 0 Å². The Morgan fingerprint density at radius 1 is 1.38 bits per heavy atom. The van der Waals surface area contributed by atoms with Crippen molar-refractivity contribution in [2.45, 2.75) is 6.82 Å². The molecular formula is C6H7BN. The minimum absolute atomic E-state index is 1.22. The SMILES string of the molecule is C[B]c1ccncc1. The summed E-state index contributed by atoms with van der Waals surface area (Å²) in [7, 11) is 2.04. The lowest BCUT2D eigenvalue weighted by atomic mass is 9.74. The second kappa shape index (κ2) is 2.50. The normalized spacial score (nSPS) is 8.62. The van der Waals surface area contributed by atoms with Crippen LogP contribution >= 0.6 is 0 Å². The van der Waals surface area contributed by atoms with Crippen LogP contribution < -0.4 is 5.46 Å². The van der Waals surface area contributed by atoms with Gasteiger partial charge in [0.2, 0.25) is 0 Å². The molecule has 0 amide bonds. The highest BCUT2D eigenvalue weighted by molar-refractivity contribution is 6.51. The van der Waals surface area contributed by atoms with E-state index in [1.54, 1.807) is 12.4 Å². The summed E-state index contributed by atoms with van der Waals surface area (Å²) >= 11 is 0. The van der Waals surface area contributed by atoms with Crippen molar-refractivity contribution in [3.8, 4) is 0 Å². The first-order valence-electron chi connectivity index (χ1n) is 2.63.